The van der Waals surface area contributed by atoms with Crippen molar-refractivity contribution in [3.63, 3.8) is 0 Å². The van der Waals surface area contributed by atoms with Gasteiger partial charge in [0.1, 0.15) is 10.9 Å². The smallest absolute Gasteiger partial charge is 0.136 e. The highest BCUT2D eigenvalue weighted by Gasteiger charge is 2.08. The van der Waals surface area contributed by atoms with E-state index in [1.54, 1.807) is 13.3 Å². The van der Waals surface area contributed by atoms with E-state index in [1.807, 2.05) is 37.2 Å². The van der Waals surface area contributed by atoms with Crippen molar-refractivity contribution in [2.24, 2.45) is 0 Å². The number of fused-ring (bicyclic) bond motifs is 1. The second-order valence-corrected chi connectivity index (χ2v) is 4.10. The lowest BCUT2D eigenvalue weighted by molar-refractivity contribution is 0.415. The number of anilines is 1. The molecule has 0 N–H and O–H groups in total. The van der Waals surface area contributed by atoms with Crippen molar-refractivity contribution >= 4 is 28.1 Å². The number of benzene rings is 1. The predicted octanol–water partition coefficient (Wildman–Crippen LogP) is 2.96. The summed E-state index contributed by atoms with van der Waals surface area (Å²) >= 11 is 6.06. The van der Waals surface area contributed by atoms with Crippen LogP contribution in [0.5, 0.6) is 5.75 Å². The molecule has 0 bridgehead atoms. The first-order valence-corrected chi connectivity index (χ1v) is 5.31. The maximum atomic E-state index is 6.06. The van der Waals surface area contributed by atoms with E-state index in [2.05, 4.69) is 4.98 Å². The van der Waals surface area contributed by atoms with E-state index < -0.39 is 0 Å². The summed E-state index contributed by atoms with van der Waals surface area (Å²) in [7, 11) is 5.60. The van der Waals surface area contributed by atoms with Crippen LogP contribution in [-0.4, -0.2) is 26.2 Å². The molecule has 1 aromatic carbocycles. The molecule has 0 saturated carbocycles. The van der Waals surface area contributed by atoms with Crippen LogP contribution < -0.4 is 9.64 Å². The van der Waals surface area contributed by atoms with E-state index in [4.69, 9.17) is 16.3 Å². The van der Waals surface area contributed by atoms with Crippen LogP contribution in [0.2, 0.25) is 5.15 Å². The molecule has 0 aliphatic carbocycles. The molecule has 2 aromatic rings. The monoisotopic (exact) mass is 236 g/mol. The third kappa shape index (κ3) is 1.78. The SMILES string of the molecule is COc1ccc2c(Cl)ncc(N(C)C)c2c1. The molecule has 1 heterocycles. The van der Waals surface area contributed by atoms with Gasteiger partial charge in [-0.25, -0.2) is 4.98 Å². The highest BCUT2D eigenvalue weighted by molar-refractivity contribution is 6.34. The number of pyridine rings is 1. The Hall–Kier alpha value is -1.48. The van der Waals surface area contributed by atoms with Gasteiger partial charge in [0, 0.05) is 24.9 Å². The van der Waals surface area contributed by atoms with Gasteiger partial charge in [0.2, 0.25) is 0 Å². The van der Waals surface area contributed by atoms with E-state index in [1.165, 1.54) is 0 Å². The predicted molar refractivity (Wildman–Crippen MR) is 67.6 cm³/mol. The van der Waals surface area contributed by atoms with Crippen LogP contribution in [0, 0.1) is 0 Å². The van der Waals surface area contributed by atoms with Gasteiger partial charge in [-0.3, -0.25) is 0 Å². The lowest BCUT2D eigenvalue weighted by Gasteiger charge is -2.15. The van der Waals surface area contributed by atoms with Crippen molar-refractivity contribution in [3.8, 4) is 5.75 Å². The molecule has 0 atom stereocenters. The van der Waals surface area contributed by atoms with Crippen LogP contribution in [0.4, 0.5) is 5.69 Å². The molecule has 4 heteroatoms. The fraction of sp³-hybridized carbons (Fsp3) is 0.250. The normalized spacial score (nSPS) is 10.5. The minimum absolute atomic E-state index is 0.517. The Kier molecular flexibility index (Phi) is 2.88. The van der Waals surface area contributed by atoms with Gasteiger partial charge in [-0.1, -0.05) is 11.6 Å². The van der Waals surface area contributed by atoms with Crippen molar-refractivity contribution < 1.29 is 4.74 Å². The summed E-state index contributed by atoms with van der Waals surface area (Å²) in [6.45, 7) is 0. The third-order valence-corrected chi connectivity index (χ3v) is 2.81. The zero-order valence-electron chi connectivity index (χ0n) is 9.49. The Morgan fingerprint density at radius 1 is 1.25 bits per heavy atom. The summed E-state index contributed by atoms with van der Waals surface area (Å²) in [4.78, 5) is 6.17. The van der Waals surface area contributed by atoms with E-state index >= 15 is 0 Å². The first-order valence-electron chi connectivity index (χ1n) is 4.93. The summed E-state index contributed by atoms with van der Waals surface area (Å²) in [6.07, 6.45) is 1.77. The molecule has 0 radical (unpaired) electrons. The maximum absolute atomic E-state index is 6.06. The van der Waals surface area contributed by atoms with Gasteiger partial charge in [0.05, 0.1) is 19.0 Å². The standard InChI is InChI=1S/C12H13ClN2O/c1-15(2)11-7-14-12(13)9-5-4-8(16-3)6-10(9)11/h4-7H,1-3H3. The summed E-state index contributed by atoms with van der Waals surface area (Å²) in [5.74, 6) is 0.817. The largest absolute Gasteiger partial charge is 0.497 e. The fourth-order valence-electron chi connectivity index (χ4n) is 1.66. The minimum atomic E-state index is 0.517. The average molecular weight is 237 g/mol. The van der Waals surface area contributed by atoms with Crippen molar-refractivity contribution in [1.82, 2.24) is 4.98 Å². The van der Waals surface area contributed by atoms with Crippen molar-refractivity contribution in [1.29, 1.82) is 0 Å². The Morgan fingerprint density at radius 2 is 2.00 bits per heavy atom. The number of halogens is 1. The quantitative estimate of drug-likeness (QED) is 0.750. The number of rotatable bonds is 2. The zero-order valence-corrected chi connectivity index (χ0v) is 10.2. The van der Waals surface area contributed by atoms with Gasteiger partial charge in [-0.15, -0.1) is 0 Å². The van der Waals surface area contributed by atoms with Crippen molar-refractivity contribution in [2.45, 2.75) is 0 Å². The number of hydrogen-bond donors (Lipinski definition) is 0. The van der Waals surface area contributed by atoms with E-state index in [0.717, 1.165) is 22.2 Å². The molecule has 0 unspecified atom stereocenters. The van der Waals surface area contributed by atoms with Crippen LogP contribution in [0.1, 0.15) is 0 Å². The molecule has 0 aliphatic heterocycles. The van der Waals surface area contributed by atoms with Gasteiger partial charge in [0.25, 0.3) is 0 Å². The van der Waals surface area contributed by atoms with Crippen molar-refractivity contribution in [3.05, 3.63) is 29.5 Å². The Bertz CT molecular complexity index is 526. The van der Waals surface area contributed by atoms with E-state index in [0.29, 0.717) is 5.15 Å². The highest BCUT2D eigenvalue weighted by atomic mass is 35.5. The molecule has 0 aliphatic rings. The zero-order chi connectivity index (χ0) is 11.7. The van der Waals surface area contributed by atoms with Crippen LogP contribution in [0.15, 0.2) is 24.4 Å². The number of hydrogen-bond acceptors (Lipinski definition) is 3. The minimum Gasteiger partial charge on any atom is -0.497 e. The first kappa shape index (κ1) is 11.0. The molecule has 0 spiro atoms. The molecule has 2 rings (SSSR count). The molecular formula is C12H13ClN2O. The number of methoxy groups -OCH3 is 1. The molecule has 3 nitrogen and oxygen atoms in total. The molecule has 84 valence electrons. The fourth-order valence-corrected chi connectivity index (χ4v) is 1.87. The van der Waals surface area contributed by atoms with Gasteiger partial charge in [0.15, 0.2) is 0 Å². The van der Waals surface area contributed by atoms with Gasteiger partial charge in [-0.2, -0.15) is 0 Å². The summed E-state index contributed by atoms with van der Waals surface area (Å²) in [5.41, 5.74) is 1.03. The Labute approximate surface area is 99.6 Å². The molecule has 16 heavy (non-hydrogen) atoms. The second-order valence-electron chi connectivity index (χ2n) is 3.74. The highest BCUT2D eigenvalue weighted by Crippen LogP contribution is 2.32. The molecule has 0 amide bonds. The number of nitrogens with zero attached hydrogens (tertiary/aromatic N) is 2. The average Bonchev–Trinajstić information content (AvgIpc) is 2.28. The summed E-state index contributed by atoms with van der Waals surface area (Å²) in [6, 6.07) is 5.78. The Balaban J connectivity index is 2.77. The van der Waals surface area contributed by atoms with Gasteiger partial charge < -0.3 is 9.64 Å². The van der Waals surface area contributed by atoms with E-state index in [9.17, 15) is 0 Å². The van der Waals surface area contributed by atoms with Crippen LogP contribution in [0.25, 0.3) is 10.8 Å². The topological polar surface area (TPSA) is 25.4 Å². The summed E-state index contributed by atoms with van der Waals surface area (Å²) < 4.78 is 5.21. The van der Waals surface area contributed by atoms with Gasteiger partial charge >= 0.3 is 0 Å². The van der Waals surface area contributed by atoms with Gasteiger partial charge in [-0.05, 0) is 18.2 Å². The molecular weight excluding hydrogens is 224 g/mol. The second kappa shape index (κ2) is 4.18. The Morgan fingerprint density at radius 3 is 2.62 bits per heavy atom. The molecule has 0 saturated heterocycles. The first-order chi connectivity index (χ1) is 7.63. The van der Waals surface area contributed by atoms with Crippen LogP contribution in [0.3, 0.4) is 0 Å². The lowest BCUT2D eigenvalue weighted by atomic mass is 10.1. The van der Waals surface area contributed by atoms with Crippen LogP contribution in [-0.2, 0) is 0 Å². The van der Waals surface area contributed by atoms with Crippen LogP contribution >= 0.6 is 11.6 Å². The maximum Gasteiger partial charge on any atom is 0.136 e. The summed E-state index contributed by atoms with van der Waals surface area (Å²) in [5, 5.41) is 2.50. The number of ether oxygens (including phenoxy) is 1. The van der Waals surface area contributed by atoms with Crippen molar-refractivity contribution in [2.75, 3.05) is 26.1 Å². The van der Waals surface area contributed by atoms with E-state index in [-0.39, 0.29) is 0 Å². The lowest BCUT2D eigenvalue weighted by Crippen LogP contribution is -2.09. The molecule has 0 fully saturated rings. The number of aromatic nitrogens is 1. The third-order valence-electron chi connectivity index (χ3n) is 2.51. The molecule has 1 aromatic heterocycles.